The third-order valence-electron chi connectivity index (χ3n) is 4.28. The molecule has 0 saturated heterocycles. The van der Waals surface area contributed by atoms with E-state index in [0.717, 1.165) is 17.9 Å². The topological polar surface area (TPSA) is 98.2 Å². The lowest BCUT2D eigenvalue weighted by atomic mass is 9.84. The first-order chi connectivity index (χ1) is 11.1. The lowest BCUT2D eigenvalue weighted by Gasteiger charge is -2.36. The minimum atomic E-state index is -3.49. The van der Waals surface area contributed by atoms with Crippen molar-refractivity contribution in [3.05, 3.63) is 64.6 Å². The third kappa shape index (κ3) is 2.46. The van der Waals surface area contributed by atoms with Crippen LogP contribution in [0, 0.1) is 12.7 Å². The Morgan fingerprint density at radius 1 is 1.17 bits per heavy atom. The zero-order valence-electron chi connectivity index (χ0n) is 13.3. The standard InChI is InChI=1S/C17H18FN3O2S/c1-10-3-5-13-12(16(10)19)7-8-21-17(13,20)14-9-11(24(2,22)23)4-6-15(14)18/h3-9,21H,19-20H2,1-2H3. The van der Waals surface area contributed by atoms with Gasteiger partial charge in [-0.25, -0.2) is 12.8 Å². The Morgan fingerprint density at radius 3 is 2.54 bits per heavy atom. The number of hydrogen-bond acceptors (Lipinski definition) is 5. The minimum absolute atomic E-state index is 0.00158. The number of halogens is 1. The van der Waals surface area contributed by atoms with Gasteiger partial charge in [-0.2, -0.15) is 0 Å². The van der Waals surface area contributed by atoms with E-state index >= 15 is 0 Å². The molecule has 5 nitrogen and oxygen atoms in total. The van der Waals surface area contributed by atoms with Crippen molar-refractivity contribution in [3.8, 4) is 0 Å². The molecule has 1 atom stereocenters. The van der Waals surface area contributed by atoms with Crippen LogP contribution in [-0.2, 0) is 15.5 Å². The van der Waals surface area contributed by atoms with E-state index in [9.17, 15) is 12.8 Å². The van der Waals surface area contributed by atoms with Crippen LogP contribution in [0.4, 0.5) is 10.1 Å². The zero-order chi connectivity index (χ0) is 17.7. The van der Waals surface area contributed by atoms with E-state index in [0.29, 0.717) is 16.8 Å². The SMILES string of the molecule is Cc1ccc2c(c1N)C=CNC2(N)c1cc(S(C)(=O)=O)ccc1F. The van der Waals surface area contributed by atoms with Gasteiger partial charge in [0.25, 0.3) is 0 Å². The summed E-state index contributed by atoms with van der Waals surface area (Å²) in [6.07, 6.45) is 4.42. The number of sulfone groups is 1. The van der Waals surface area contributed by atoms with Gasteiger partial charge in [-0.1, -0.05) is 12.1 Å². The van der Waals surface area contributed by atoms with Crippen molar-refractivity contribution in [1.82, 2.24) is 5.32 Å². The molecule has 0 bridgehead atoms. The monoisotopic (exact) mass is 347 g/mol. The van der Waals surface area contributed by atoms with Crippen molar-refractivity contribution in [1.29, 1.82) is 0 Å². The van der Waals surface area contributed by atoms with Gasteiger partial charge in [-0.15, -0.1) is 0 Å². The molecular weight excluding hydrogens is 329 g/mol. The van der Waals surface area contributed by atoms with Crippen LogP contribution in [0.2, 0.25) is 0 Å². The van der Waals surface area contributed by atoms with Gasteiger partial charge in [0, 0.05) is 28.6 Å². The number of nitrogen functional groups attached to an aromatic ring is 1. The molecule has 0 spiro atoms. The Balaban J connectivity index is 2.28. The average Bonchev–Trinajstić information content (AvgIpc) is 2.50. The molecular formula is C17H18FN3O2S. The van der Waals surface area contributed by atoms with E-state index in [4.69, 9.17) is 11.5 Å². The second kappa shape index (κ2) is 5.32. The molecule has 0 radical (unpaired) electrons. The maximum atomic E-state index is 14.5. The summed E-state index contributed by atoms with van der Waals surface area (Å²) in [6, 6.07) is 7.16. The molecule has 0 aromatic heterocycles. The summed E-state index contributed by atoms with van der Waals surface area (Å²) in [7, 11) is -3.49. The minimum Gasteiger partial charge on any atom is -0.398 e. The van der Waals surface area contributed by atoms with Crippen LogP contribution in [-0.4, -0.2) is 14.7 Å². The summed E-state index contributed by atoms with van der Waals surface area (Å²) in [5.74, 6) is -0.599. The van der Waals surface area contributed by atoms with Crippen LogP contribution in [0.3, 0.4) is 0 Å². The third-order valence-corrected chi connectivity index (χ3v) is 5.39. The Morgan fingerprint density at radius 2 is 1.88 bits per heavy atom. The fourth-order valence-electron chi connectivity index (χ4n) is 2.86. The van der Waals surface area contributed by atoms with Crippen molar-refractivity contribution in [2.75, 3.05) is 12.0 Å². The number of benzene rings is 2. The van der Waals surface area contributed by atoms with Crippen molar-refractivity contribution < 1.29 is 12.8 Å². The Labute approximate surface area is 140 Å². The maximum Gasteiger partial charge on any atom is 0.175 e. The van der Waals surface area contributed by atoms with Crippen LogP contribution in [0.1, 0.15) is 22.3 Å². The van der Waals surface area contributed by atoms with Crippen LogP contribution in [0.25, 0.3) is 6.08 Å². The summed E-state index contributed by atoms with van der Waals surface area (Å²) in [6.45, 7) is 1.87. The first kappa shape index (κ1) is 16.5. The van der Waals surface area contributed by atoms with Gasteiger partial charge in [0.2, 0.25) is 0 Å². The van der Waals surface area contributed by atoms with E-state index in [2.05, 4.69) is 5.32 Å². The first-order valence-electron chi connectivity index (χ1n) is 7.27. The highest BCUT2D eigenvalue weighted by Crippen LogP contribution is 2.36. The molecule has 1 unspecified atom stereocenters. The summed E-state index contributed by atoms with van der Waals surface area (Å²) in [5, 5.41) is 2.94. The predicted octanol–water partition coefficient (Wildman–Crippen LogP) is 1.85. The van der Waals surface area contributed by atoms with Gasteiger partial charge in [0.05, 0.1) is 4.90 Å². The summed E-state index contributed by atoms with van der Waals surface area (Å²) in [5.41, 5.74) is 13.9. The molecule has 24 heavy (non-hydrogen) atoms. The molecule has 0 fully saturated rings. The van der Waals surface area contributed by atoms with E-state index in [1.807, 2.05) is 6.92 Å². The number of aryl methyl sites for hydroxylation is 1. The van der Waals surface area contributed by atoms with Crippen LogP contribution in [0.15, 0.2) is 41.4 Å². The van der Waals surface area contributed by atoms with Crippen molar-refractivity contribution in [2.24, 2.45) is 5.73 Å². The lowest BCUT2D eigenvalue weighted by molar-refractivity contribution is 0.443. The van der Waals surface area contributed by atoms with Crippen LogP contribution < -0.4 is 16.8 Å². The maximum absolute atomic E-state index is 14.5. The second-order valence-corrected chi connectivity index (χ2v) is 7.97. The number of hydrogen-bond donors (Lipinski definition) is 3. The number of nitrogens with one attached hydrogen (secondary N) is 1. The highest BCUT2D eigenvalue weighted by Gasteiger charge is 2.36. The van der Waals surface area contributed by atoms with E-state index in [-0.39, 0.29) is 10.5 Å². The zero-order valence-corrected chi connectivity index (χ0v) is 14.1. The van der Waals surface area contributed by atoms with Gasteiger partial charge in [-0.05, 0) is 43.0 Å². The van der Waals surface area contributed by atoms with Gasteiger partial charge in [0.15, 0.2) is 9.84 Å². The van der Waals surface area contributed by atoms with Gasteiger partial charge < -0.3 is 16.8 Å². The van der Waals surface area contributed by atoms with Gasteiger partial charge in [0.1, 0.15) is 11.5 Å². The molecule has 1 aliphatic heterocycles. The Kier molecular flexibility index (Phi) is 3.65. The molecule has 0 amide bonds. The molecule has 7 heteroatoms. The second-order valence-electron chi connectivity index (χ2n) is 5.96. The molecule has 1 heterocycles. The van der Waals surface area contributed by atoms with Crippen molar-refractivity contribution >= 4 is 21.6 Å². The fraction of sp³-hybridized carbons (Fsp3) is 0.176. The molecule has 3 rings (SSSR count). The average molecular weight is 347 g/mol. The molecule has 2 aromatic rings. The fourth-order valence-corrected chi connectivity index (χ4v) is 3.51. The van der Waals surface area contributed by atoms with E-state index < -0.39 is 21.3 Å². The largest absolute Gasteiger partial charge is 0.398 e. The van der Waals surface area contributed by atoms with E-state index in [1.54, 1.807) is 24.4 Å². The highest BCUT2D eigenvalue weighted by atomic mass is 32.2. The highest BCUT2D eigenvalue weighted by molar-refractivity contribution is 7.90. The Hall–Kier alpha value is -2.38. The first-order valence-corrected chi connectivity index (χ1v) is 9.16. The number of anilines is 1. The smallest absolute Gasteiger partial charge is 0.175 e. The van der Waals surface area contributed by atoms with Crippen LogP contribution >= 0.6 is 0 Å². The normalized spacial score (nSPS) is 19.7. The summed E-state index contributed by atoms with van der Waals surface area (Å²) < 4.78 is 38.1. The molecule has 1 aliphatic rings. The molecule has 5 N–H and O–H groups in total. The van der Waals surface area contributed by atoms with Crippen LogP contribution in [0.5, 0.6) is 0 Å². The molecule has 126 valence electrons. The van der Waals surface area contributed by atoms with E-state index in [1.165, 1.54) is 12.1 Å². The molecule has 2 aromatic carbocycles. The van der Waals surface area contributed by atoms with Gasteiger partial charge in [-0.3, -0.25) is 0 Å². The number of nitrogens with two attached hydrogens (primary N) is 2. The summed E-state index contributed by atoms with van der Waals surface area (Å²) >= 11 is 0. The van der Waals surface area contributed by atoms with Gasteiger partial charge >= 0.3 is 0 Å². The Bertz CT molecular complexity index is 970. The summed E-state index contributed by atoms with van der Waals surface area (Å²) in [4.78, 5) is 0.00158. The number of rotatable bonds is 2. The predicted molar refractivity (Wildman–Crippen MR) is 92.2 cm³/mol. The lowest BCUT2D eigenvalue weighted by Crippen LogP contribution is -2.51. The molecule has 0 saturated carbocycles. The molecule has 0 aliphatic carbocycles. The quantitative estimate of drug-likeness (QED) is 0.569. The van der Waals surface area contributed by atoms with Crippen molar-refractivity contribution in [3.63, 3.8) is 0 Å². The van der Waals surface area contributed by atoms with Crippen molar-refractivity contribution in [2.45, 2.75) is 17.5 Å². The number of fused-ring (bicyclic) bond motifs is 1.